The van der Waals surface area contributed by atoms with Crippen LogP contribution in [0.25, 0.3) is 0 Å². The first-order chi connectivity index (χ1) is 46.8. The molecule has 0 fully saturated rings. The molecule has 0 bridgehead atoms. The van der Waals surface area contributed by atoms with E-state index in [-0.39, 0.29) is 25.7 Å². The fourth-order valence-corrected chi connectivity index (χ4v) is 13.5. The van der Waals surface area contributed by atoms with Gasteiger partial charge in [0.15, 0.2) is 12.2 Å². The minimum Gasteiger partial charge on any atom is -0.462 e. The Kier molecular flexibility index (Phi) is 67.1. The highest BCUT2D eigenvalue weighted by atomic mass is 31.2. The molecule has 0 aromatic carbocycles. The van der Waals surface area contributed by atoms with Crippen LogP contribution in [0.4, 0.5) is 0 Å². The number of carbonyl (C=O) groups excluding carboxylic acids is 4. The molecule has 0 spiro atoms. The van der Waals surface area contributed by atoms with Crippen molar-refractivity contribution < 1.29 is 80.2 Å². The van der Waals surface area contributed by atoms with Gasteiger partial charge in [0, 0.05) is 25.7 Å². The first kappa shape index (κ1) is 95.1. The number of esters is 4. The van der Waals surface area contributed by atoms with Crippen molar-refractivity contribution >= 4 is 39.5 Å². The van der Waals surface area contributed by atoms with Gasteiger partial charge in [0.1, 0.15) is 19.3 Å². The van der Waals surface area contributed by atoms with Gasteiger partial charge in [0.25, 0.3) is 0 Å². The van der Waals surface area contributed by atoms with Gasteiger partial charge in [-0.3, -0.25) is 37.3 Å². The first-order valence-corrected chi connectivity index (χ1v) is 43.4. The van der Waals surface area contributed by atoms with Crippen LogP contribution in [0.2, 0.25) is 0 Å². The molecular formula is C78H152O17P2. The highest BCUT2D eigenvalue weighted by molar-refractivity contribution is 7.47. The molecule has 0 heterocycles. The smallest absolute Gasteiger partial charge is 0.462 e. The maximum absolute atomic E-state index is 13.1. The molecule has 97 heavy (non-hydrogen) atoms. The minimum atomic E-state index is -4.96. The van der Waals surface area contributed by atoms with Gasteiger partial charge in [-0.25, -0.2) is 9.13 Å². The van der Waals surface area contributed by atoms with Crippen molar-refractivity contribution in [2.75, 3.05) is 39.6 Å². The van der Waals surface area contributed by atoms with Gasteiger partial charge in [-0.15, -0.1) is 0 Å². The van der Waals surface area contributed by atoms with E-state index < -0.39 is 97.5 Å². The summed E-state index contributed by atoms with van der Waals surface area (Å²) in [6.45, 7) is 11.9. The SMILES string of the molecule is CCCCCCCCCCCCCCCCCC(=O)OC[C@H](COP(=O)(O)OC[C@@H](O)COP(=O)(O)OC[C@@H](COC(=O)CCCCCCCCCCC(C)CC)OC(=O)CCCCCCCCCCC(C)CC)OC(=O)CCCCCCCCCCCCCCCCCC(C)C. The number of ether oxygens (including phenoxy) is 4. The molecule has 0 aliphatic rings. The third-order valence-corrected chi connectivity index (χ3v) is 20.8. The number of rotatable bonds is 76. The summed E-state index contributed by atoms with van der Waals surface area (Å²) in [6.07, 6.45) is 55.3. The lowest BCUT2D eigenvalue weighted by atomic mass is 9.99. The van der Waals surface area contributed by atoms with Crippen LogP contribution in [0, 0.1) is 17.8 Å². The van der Waals surface area contributed by atoms with E-state index in [4.69, 9.17) is 37.0 Å². The standard InChI is InChI=1S/C78H152O17P2/c1-8-11-12-13-14-15-16-17-19-23-26-29-38-45-52-59-75(80)88-65-73(94-77(82)61-54-47-40-30-27-24-21-18-20-22-25-28-35-42-49-56-69(4)5)67-92-96(84,85)90-63-72(79)64-91-97(86,87)93-68-74(95-78(83)62-55-48-41-34-32-37-44-51-58-71(7)10-3)66-89-76(81)60-53-46-39-33-31-36-43-50-57-70(6)9-2/h69-74,79H,8-68H2,1-7H3,(H,84,85)(H,86,87)/t70?,71?,72-,73-,74-/m1/s1. The van der Waals surface area contributed by atoms with E-state index in [1.165, 1.54) is 212 Å². The molecular weight excluding hydrogens is 1270 g/mol. The predicted octanol–water partition coefficient (Wildman–Crippen LogP) is 23.0. The number of unbranched alkanes of at least 4 members (excludes halogenated alkanes) is 42. The zero-order valence-electron chi connectivity index (χ0n) is 63.5. The Balaban J connectivity index is 5.26. The summed E-state index contributed by atoms with van der Waals surface area (Å²) in [6, 6.07) is 0. The molecule has 0 radical (unpaired) electrons. The van der Waals surface area contributed by atoms with Gasteiger partial charge in [-0.2, -0.15) is 0 Å². The van der Waals surface area contributed by atoms with Gasteiger partial charge >= 0.3 is 39.5 Å². The molecule has 0 saturated carbocycles. The quantitative estimate of drug-likeness (QED) is 0.0222. The average Bonchev–Trinajstić information content (AvgIpc) is 3.24. The number of hydrogen-bond acceptors (Lipinski definition) is 15. The number of carbonyl (C=O) groups is 4. The topological polar surface area (TPSA) is 237 Å². The van der Waals surface area contributed by atoms with E-state index in [9.17, 15) is 43.2 Å². The lowest BCUT2D eigenvalue weighted by Crippen LogP contribution is -2.30. The zero-order chi connectivity index (χ0) is 71.6. The van der Waals surface area contributed by atoms with Crippen molar-refractivity contribution in [1.82, 2.24) is 0 Å². The van der Waals surface area contributed by atoms with E-state index >= 15 is 0 Å². The van der Waals surface area contributed by atoms with Gasteiger partial charge in [0.2, 0.25) is 0 Å². The molecule has 3 N–H and O–H groups in total. The van der Waals surface area contributed by atoms with Crippen LogP contribution >= 0.6 is 15.6 Å². The van der Waals surface area contributed by atoms with Crippen molar-refractivity contribution in [1.29, 1.82) is 0 Å². The zero-order valence-corrected chi connectivity index (χ0v) is 65.3. The van der Waals surface area contributed by atoms with Crippen molar-refractivity contribution in [2.45, 2.75) is 420 Å². The Morgan fingerprint density at radius 2 is 0.526 bits per heavy atom. The molecule has 0 amide bonds. The van der Waals surface area contributed by atoms with Crippen LogP contribution in [0.1, 0.15) is 402 Å². The van der Waals surface area contributed by atoms with E-state index in [2.05, 4.69) is 48.5 Å². The maximum atomic E-state index is 13.1. The maximum Gasteiger partial charge on any atom is 0.472 e. The van der Waals surface area contributed by atoms with Gasteiger partial charge < -0.3 is 33.8 Å². The largest absolute Gasteiger partial charge is 0.472 e. The van der Waals surface area contributed by atoms with E-state index in [1.807, 2.05) is 0 Å². The summed E-state index contributed by atoms with van der Waals surface area (Å²) in [5, 5.41) is 10.6. The third kappa shape index (κ3) is 69.5. The van der Waals surface area contributed by atoms with Gasteiger partial charge in [-0.05, 0) is 43.4 Å². The Labute approximate surface area is 594 Å². The van der Waals surface area contributed by atoms with Gasteiger partial charge in [-0.1, -0.05) is 350 Å². The first-order valence-electron chi connectivity index (χ1n) is 40.4. The third-order valence-electron chi connectivity index (χ3n) is 18.9. The molecule has 4 unspecified atom stereocenters. The van der Waals surface area contributed by atoms with Crippen LogP contribution in [-0.4, -0.2) is 96.7 Å². The highest BCUT2D eigenvalue weighted by Crippen LogP contribution is 2.45. The van der Waals surface area contributed by atoms with Crippen LogP contribution in [0.15, 0.2) is 0 Å². The number of phosphoric acid groups is 2. The fraction of sp³-hybridized carbons (Fsp3) is 0.949. The lowest BCUT2D eigenvalue weighted by Gasteiger charge is -2.21. The van der Waals surface area contributed by atoms with Crippen molar-refractivity contribution in [3.63, 3.8) is 0 Å². The molecule has 7 atom stereocenters. The molecule has 19 heteroatoms. The summed E-state index contributed by atoms with van der Waals surface area (Å²) in [5.41, 5.74) is 0. The van der Waals surface area contributed by atoms with Crippen LogP contribution in [0.5, 0.6) is 0 Å². The molecule has 0 rings (SSSR count). The predicted molar refractivity (Wildman–Crippen MR) is 395 cm³/mol. The summed E-state index contributed by atoms with van der Waals surface area (Å²) in [7, 11) is -9.92. The molecule has 17 nitrogen and oxygen atoms in total. The molecule has 0 saturated heterocycles. The van der Waals surface area contributed by atoms with Crippen LogP contribution in [0.3, 0.4) is 0 Å². The fourth-order valence-electron chi connectivity index (χ4n) is 11.9. The van der Waals surface area contributed by atoms with E-state index in [0.29, 0.717) is 25.7 Å². The van der Waals surface area contributed by atoms with Crippen molar-refractivity contribution in [2.24, 2.45) is 17.8 Å². The number of aliphatic hydroxyl groups is 1. The monoisotopic (exact) mass is 1420 g/mol. The Morgan fingerprint density at radius 1 is 0.299 bits per heavy atom. The minimum absolute atomic E-state index is 0.105. The second-order valence-corrected chi connectivity index (χ2v) is 32.0. The summed E-state index contributed by atoms with van der Waals surface area (Å²) in [5.74, 6) is 0.234. The Bertz CT molecular complexity index is 1890. The van der Waals surface area contributed by atoms with E-state index in [1.54, 1.807) is 0 Å². The van der Waals surface area contributed by atoms with E-state index in [0.717, 1.165) is 108 Å². The second-order valence-electron chi connectivity index (χ2n) is 29.1. The summed E-state index contributed by atoms with van der Waals surface area (Å²) in [4.78, 5) is 72.9. The summed E-state index contributed by atoms with van der Waals surface area (Å²) >= 11 is 0. The lowest BCUT2D eigenvalue weighted by molar-refractivity contribution is -0.161. The Hall–Kier alpha value is -1.94. The van der Waals surface area contributed by atoms with Crippen molar-refractivity contribution in [3.05, 3.63) is 0 Å². The number of aliphatic hydroxyl groups excluding tert-OH is 1. The number of phosphoric ester groups is 2. The normalized spacial score (nSPS) is 14.6. The van der Waals surface area contributed by atoms with Gasteiger partial charge in [0.05, 0.1) is 26.4 Å². The molecule has 0 aromatic heterocycles. The Morgan fingerprint density at radius 3 is 0.784 bits per heavy atom. The van der Waals surface area contributed by atoms with Crippen molar-refractivity contribution in [3.8, 4) is 0 Å². The molecule has 576 valence electrons. The molecule has 0 aliphatic carbocycles. The van der Waals surface area contributed by atoms with Crippen LogP contribution in [-0.2, 0) is 65.4 Å². The molecule has 0 aromatic rings. The molecule has 0 aliphatic heterocycles. The number of hydrogen-bond donors (Lipinski definition) is 3. The average molecular weight is 1420 g/mol. The second kappa shape index (κ2) is 68.5. The summed E-state index contributed by atoms with van der Waals surface area (Å²) < 4.78 is 68.6. The highest BCUT2D eigenvalue weighted by Gasteiger charge is 2.30. The van der Waals surface area contributed by atoms with Crippen LogP contribution < -0.4 is 0 Å².